The van der Waals surface area contributed by atoms with Crippen LogP contribution >= 0.6 is 11.6 Å². The number of rotatable bonds is 7. The molecule has 2 atom stereocenters. The van der Waals surface area contributed by atoms with Gasteiger partial charge < -0.3 is 14.7 Å². The number of allylic oxidation sites excluding steroid dienone is 3. The fraction of sp³-hybridized carbons (Fsp3) is 0.370. The first-order valence-electron chi connectivity index (χ1n) is 11.6. The third kappa shape index (κ3) is 5.61. The molecule has 2 aliphatic rings. The predicted octanol–water partition coefficient (Wildman–Crippen LogP) is 5.27. The second kappa shape index (κ2) is 11.1. The smallest absolute Gasteiger partial charge is 0.123 e. The molecule has 5 nitrogen and oxygen atoms in total. The van der Waals surface area contributed by atoms with Crippen LogP contribution in [0.4, 0.5) is 10.1 Å². The van der Waals surface area contributed by atoms with Gasteiger partial charge in [-0.15, -0.1) is 0 Å². The van der Waals surface area contributed by atoms with E-state index < -0.39 is 0 Å². The van der Waals surface area contributed by atoms with Crippen LogP contribution in [-0.2, 0) is 0 Å². The molecule has 1 saturated heterocycles. The highest BCUT2D eigenvalue weighted by Crippen LogP contribution is 2.39. The molecule has 0 saturated carbocycles. The maximum Gasteiger partial charge on any atom is 0.123 e. The van der Waals surface area contributed by atoms with Gasteiger partial charge in [-0.05, 0) is 55.7 Å². The van der Waals surface area contributed by atoms with Gasteiger partial charge in [-0.25, -0.2) is 4.39 Å². The Bertz CT molecular complexity index is 1110. The summed E-state index contributed by atoms with van der Waals surface area (Å²) in [6.07, 6.45) is 5.69. The van der Waals surface area contributed by atoms with Gasteiger partial charge in [-0.1, -0.05) is 35.4 Å². The largest absolute Gasteiger partial charge is 0.491 e. The van der Waals surface area contributed by atoms with Crippen molar-refractivity contribution in [1.82, 2.24) is 4.90 Å². The average molecular weight is 482 g/mol. The zero-order valence-corrected chi connectivity index (χ0v) is 20.0. The minimum atomic E-state index is -0.258. The summed E-state index contributed by atoms with van der Waals surface area (Å²) in [5.74, 6) is 0.355. The lowest BCUT2D eigenvalue weighted by Crippen LogP contribution is -2.54. The summed E-state index contributed by atoms with van der Waals surface area (Å²) in [4.78, 5) is 4.74. The Hall–Kier alpha value is -2.85. The molecule has 178 valence electrons. The van der Waals surface area contributed by atoms with E-state index in [0.717, 1.165) is 49.3 Å². The van der Waals surface area contributed by atoms with Crippen LogP contribution in [0, 0.1) is 17.1 Å². The van der Waals surface area contributed by atoms with E-state index in [1.165, 1.54) is 17.7 Å². The quantitative estimate of drug-likeness (QED) is 0.583. The van der Waals surface area contributed by atoms with Crippen LogP contribution in [-0.4, -0.2) is 48.9 Å². The molecule has 0 bridgehead atoms. The van der Waals surface area contributed by atoms with Crippen LogP contribution in [0.25, 0.3) is 0 Å². The molecule has 4 rings (SSSR count). The number of nitrogens with zero attached hydrogens (tertiary/aromatic N) is 3. The van der Waals surface area contributed by atoms with Crippen LogP contribution < -0.4 is 9.64 Å². The van der Waals surface area contributed by atoms with Gasteiger partial charge >= 0.3 is 0 Å². The van der Waals surface area contributed by atoms with Crippen LogP contribution in [0.1, 0.15) is 31.4 Å². The number of hydrogen-bond acceptors (Lipinski definition) is 5. The molecular formula is C27H29ClFN3O2. The fourth-order valence-electron chi connectivity index (χ4n) is 4.80. The van der Waals surface area contributed by atoms with Crippen LogP contribution in [0.2, 0.25) is 5.02 Å². The summed E-state index contributed by atoms with van der Waals surface area (Å²) in [7, 11) is 0. The first-order valence-corrected chi connectivity index (χ1v) is 11.9. The number of piperazine rings is 1. The molecule has 1 heterocycles. The molecule has 34 heavy (non-hydrogen) atoms. The molecule has 1 fully saturated rings. The van der Waals surface area contributed by atoms with E-state index in [4.69, 9.17) is 26.7 Å². The maximum atomic E-state index is 13.7. The first-order chi connectivity index (χ1) is 16.5. The number of hydrogen-bond donors (Lipinski definition) is 1. The van der Waals surface area contributed by atoms with E-state index in [1.54, 1.807) is 6.07 Å². The van der Waals surface area contributed by atoms with Crippen molar-refractivity contribution in [1.29, 1.82) is 5.26 Å². The minimum Gasteiger partial charge on any atom is -0.491 e. The van der Waals surface area contributed by atoms with Gasteiger partial charge in [0.05, 0.1) is 29.4 Å². The van der Waals surface area contributed by atoms with E-state index >= 15 is 0 Å². The summed E-state index contributed by atoms with van der Waals surface area (Å²) < 4.78 is 19.2. The van der Waals surface area contributed by atoms with Gasteiger partial charge in [-0.2, -0.15) is 5.26 Å². The molecule has 1 aliphatic heterocycles. The highest BCUT2D eigenvalue weighted by atomic mass is 35.5. The van der Waals surface area contributed by atoms with Gasteiger partial charge in [0.15, 0.2) is 0 Å². The molecule has 0 aromatic heterocycles. The van der Waals surface area contributed by atoms with Crippen molar-refractivity contribution < 1.29 is 14.2 Å². The van der Waals surface area contributed by atoms with Gasteiger partial charge in [0, 0.05) is 37.3 Å². The van der Waals surface area contributed by atoms with Crippen molar-refractivity contribution in [3.8, 4) is 11.8 Å². The molecule has 1 N–H and O–H groups in total. The summed E-state index contributed by atoms with van der Waals surface area (Å²) in [6, 6.07) is 14.7. The lowest BCUT2D eigenvalue weighted by atomic mass is 9.95. The second-order valence-electron chi connectivity index (χ2n) is 8.83. The lowest BCUT2D eigenvalue weighted by Gasteiger charge is -2.48. The summed E-state index contributed by atoms with van der Waals surface area (Å²) in [5, 5.41) is 18.7. The van der Waals surface area contributed by atoms with Crippen LogP contribution in [0.5, 0.6) is 5.75 Å². The monoisotopic (exact) mass is 481 g/mol. The Morgan fingerprint density at radius 3 is 2.59 bits per heavy atom. The van der Waals surface area contributed by atoms with Crippen LogP contribution in [0.3, 0.4) is 0 Å². The highest BCUT2D eigenvalue weighted by Gasteiger charge is 2.34. The van der Waals surface area contributed by atoms with Gasteiger partial charge in [0.25, 0.3) is 0 Å². The number of halogens is 2. The number of ether oxygens (including phenoxy) is 1. The maximum absolute atomic E-state index is 13.7. The number of nitriles is 1. The average Bonchev–Trinajstić information content (AvgIpc) is 2.84. The number of aliphatic hydroxyl groups is 1. The topological polar surface area (TPSA) is 59.7 Å². The Morgan fingerprint density at radius 2 is 1.94 bits per heavy atom. The van der Waals surface area contributed by atoms with Crippen molar-refractivity contribution in [2.75, 3.05) is 37.7 Å². The molecule has 1 aliphatic carbocycles. The van der Waals surface area contributed by atoms with Crippen molar-refractivity contribution in [3.05, 3.63) is 82.2 Å². The molecule has 2 aromatic carbocycles. The minimum absolute atomic E-state index is 0.0135. The summed E-state index contributed by atoms with van der Waals surface area (Å²) in [5.41, 5.74) is 4.07. The van der Waals surface area contributed by atoms with Crippen molar-refractivity contribution in [2.24, 2.45) is 0 Å². The van der Waals surface area contributed by atoms with Gasteiger partial charge in [0.1, 0.15) is 18.2 Å². The number of aliphatic hydroxyl groups excluding tert-OH is 1. The zero-order valence-electron chi connectivity index (χ0n) is 19.3. The third-order valence-electron chi connectivity index (χ3n) is 6.38. The van der Waals surface area contributed by atoms with Crippen LogP contribution in [0.15, 0.2) is 65.8 Å². The predicted molar refractivity (Wildman–Crippen MR) is 133 cm³/mol. The van der Waals surface area contributed by atoms with E-state index in [0.29, 0.717) is 10.8 Å². The van der Waals surface area contributed by atoms with E-state index in [9.17, 15) is 4.39 Å². The number of anilines is 1. The Kier molecular flexibility index (Phi) is 7.89. The second-order valence-corrected chi connectivity index (χ2v) is 9.24. The standard InChI is InChI=1S/C27H29ClFN3O2/c1-19-16-31(17-21-4-2-20(15-30)3-5-21)18-27(22-6-8-23(29)9-7-22)32(19)26-11-10-24(14-25(26)28)34-13-12-33/h2,4,6-11,14,19,27,33H,3,5,12-13,16-18H2,1H3/t19-,27+/m1/s1. The lowest BCUT2D eigenvalue weighted by molar-refractivity contribution is 0.201. The van der Waals surface area contributed by atoms with E-state index in [2.05, 4.69) is 28.9 Å². The van der Waals surface area contributed by atoms with Gasteiger partial charge in [0.2, 0.25) is 0 Å². The molecule has 0 unspecified atom stereocenters. The molecule has 2 aromatic rings. The third-order valence-corrected chi connectivity index (χ3v) is 6.69. The number of benzene rings is 2. The van der Waals surface area contributed by atoms with Gasteiger partial charge in [-0.3, -0.25) is 4.90 Å². The molecule has 0 amide bonds. The van der Waals surface area contributed by atoms with Crippen molar-refractivity contribution in [3.63, 3.8) is 0 Å². The Balaban J connectivity index is 1.61. The van der Waals surface area contributed by atoms with Crippen molar-refractivity contribution >= 4 is 17.3 Å². The highest BCUT2D eigenvalue weighted by molar-refractivity contribution is 6.33. The molecule has 7 heteroatoms. The molecule has 0 radical (unpaired) electrons. The normalized spacial score (nSPS) is 21.0. The summed E-state index contributed by atoms with van der Waals surface area (Å²) in [6.45, 7) is 4.79. The summed E-state index contributed by atoms with van der Waals surface area (Å²) >= 11 is 6.70. The molecule has 0 spiro atoms. The fourth-order valence-corrected chi connectivity index (χ4v) is 5.07. The zero-order chi connectivity index (χ0) is 24.1. The Morgan fingerprint density at radius 1 is 1.15 bits per heavy atom. The van der Waals surface area contributed by atoms with E-state index in [1.807, 2.05) is 30.3 Å². The van der Waals surface area contributed by atoms with Crippen molar-refractivity contribution in [2.45, 2.75) is 31.8 Å². The first kappa shape index (κ1) is 24.3. The van der Waals surface area contributed by atoms with E-state index in [-0.39, 0.29) is 31.1 Å². The Labute approximate surface area is 205 Å². The molecular weight excluding hydrogens is 453 g/mol. The SMILES string of the molecule is C[C@@H]1CN(CC2=CC=C(C#N)CC2)C[C@@H](c2ccc(F)cc2)N1c1ccc(OCCO)cc1Cl.